The van der Waals surface area contributed by atoms with Crippen molar-refractivity contribution in [2.24, 2.45) is 0 Å². The molecule has 1 atom stereocenters. The summed E-state index contributed by atoms with van der Waals surface area (Å²) >= 11 is 1.76. The van der Waals surface area contributed by atoms with Gasteiger partial charge in [0.2, 0.25) is 10.0 Å². The second-order valence-corrected chi connectivity index (χ2v) is 8.28. The second-order valence-electron chi connectivity index (χ2n) is 4.83. The van der Waals surface area contributed by atoms with Crippen LogP contribution >= 0.6 is 11.8 Å². The predicted octanol–water partition coefficient (Wildman–Crippen LogP) is 1.67. The summed E-state index contributed by atoms with van der Waals surface area (Å²) in [7, 11) is -1.89. The maximum atomic E-state index is 13.5. The van der Waals surface area contributed by atoms with E-state index < -0.39 is 15.8 Å². The van der Waals surface area contributed by atoms with Crippen molar-refractivity contribution < 1.29 is 12.8 Å². The van der Waals surface area contributed by atoms with E-state index in [1.807, 2.05) is 6.92 Å². The van der Waals surface area contributed by atoms with Crippen LogP contribution in [0.25, 0.3) is 0 Å². The van der Waals surface area contributed by atoms with E-state index in [2.05, 4.69) is 5.32 Å². The van der Waals surface area contributed by atoms with E-state index in [9.17, 15) is 12.8 Å². The molecule has 1 unspecified atom stereocenters. The van der Waals surface area contributed by atoms with Crippen LogP contribution in [-0.4, -0.2) is 43.9 Å². The molecule has 4 nitrogen and oxygen atoms in total. The zero-order valence-corrected chi connectivity index (χ0v) is 13.2. The number of nitrogens with zero attached hydrogens (tertiary/aromatic N) is 1. The fourth-order valence-electron chi connectivity index (χ4n) is 2.25. The number of benzene rings is 1. The molecule has 112 valence electrons. The molecule has 1 saturated heterocycles. The molecule has 0 aromatic heterocycles. The van der Waals surface area contributed by atoms with Gasteiger partial charge in [0.15, 0.2) is 0 Å². The molecule has 1 aliphatic heterocycles. The van der Waals surface area contributed by atoms with Gasteiger partial charge in [-0.15, -0.1) is 0 Å². The Morgan fingerprint density at radius 3 is 2.90 bits per heavy atom. The zero-order valence-electron chi connectivity index (χ0n) is 11.6. The van der Waals surface area contributed by atoms with Crippen molar-refractivity contribution in [2.75, 3.05) is 25.9 Å². The first kappa shape index (κ1) is 15.8. The lowest BCUT2D eigenvalue weighted by Gasteiger charge is -2.30. The highest BCUT2D eigenvalue weighted by Gasteiger charge is 2.30. The first-order valence-electron chi connectivity index (χ1n) is 6.50. The predicted molar refractivity (Wildman–Crippen MR) is 79.8 cm³/mol. The Balaban J connectivity index is 2.40. The highest BCUT2D eigenvalue weighted by molar-refractivity contribution is 8.00. The van der Waals surface area contributed by atoms with Crippen molar-refractivity contribution >= 4 is 21.8 Å². The Kier molecular flexibility index (Phi) is 5.06. The molecular weight excluding hydrogens is 299 g/mol. The van der Waals surface area contributed by atoms with Crippen molar-refractivity contribution in [1.29, 1.82) is 0 Å². The first-order valence-corrected chi connectivity index (χ1v) is 8.99. The van der Waals surface area contributed by atoms with E-state index in [1.165, 1.54) is 16.4 Å². The number of hydrogen-bond donors (Lipinski definition) is 1. The Morgan fingerprint density at radius 1 is 1.50 bits per heavy atom. The van der Waals surface area contributed by atoms with Gasteiger partial charge in [0.05, 0.1) is 4.90 Å². The molecule has 0 bridgehead atoms. The van der Waals surface area contributed by atoms with Crippen LogP contribution in [0, 0.1) is 5.82 Å². The van der Waals surface area contributed by atoms with Crippen LogP contribution in [0.4, 0.5) is 4.39 Å². The van der Waals surface area contributed by atoms with Gasteiger partial charge in [-0.05, 0) is 24.7 Å². The SMILES string of the molecule is CNCc1ccc(F)cc1S(=O)(=O)N1CCSC(C)C1. The van der Waals surface area contributed by atoms with E-state index >= 15 is 0 Å². The highest BCUT2D eigenvalue weighted by atomic mass is 32.2. The number of rotatable bonds is 4. The van der Waals surface area contributed by atoms with E-state index in [-0.39, 0.29) is 10.1 Å². The largest absolute Gasteiger partial charge is 0.316 e. The number of hydrogen-bond acceptors (Lipinski definition) is 4. The summed E-state index contributed by atoms with van der Waals surface area (Å²) in [5.41, 5.74) is 0.597. The molecule has 0 amide bonds. The van der Waals surface area contributed by atoms with Crippen LogP contribution in [0.15, 0.2) is 23.1 Å². The number of nitrogens with one attached hydrogen (secondary N) is 1. The minimum Gasteiger partial charge on any atom is -0.316 e. The average Bonchev–Trinajstić information content (AvgIpc) is 2.41. The van der Waals surface area contributed by atoms with E-state index in [0.29, 0.717) is 25.2 Å². The van der Waals surface area contributed by atoms with Gasteiger partial charge in [-0.2, -0.15) is 16.1 Å². The smallest absolute Gasteiger partial charge is 0.243 e. The monoisotopic (exact) mass is 318 g/mol. The first-order chi connectivity index (χ1) is 9.45. The van der Waals surface area contributed by atoms with E-state index in [1.54, 1.807) is 18.8 Å². The average molecular weight is 318 g/mol. The Morgan fingerprint density at radius 2 is 2.25 bits per heavy atom. The van der Waals surface area contributed by atoms with Crippen LogP contribution in [0.3, 0.4) is 0 Å². The van der Waals surface area contributed by atoms with Gasteiger partial charge in [0, 0.05) is 30.6 Å². The van der Waals surface area contributed by atoms with Crippen molar-refractivity contribution in [3.05, 3.63) is 29.6 Å². The van der Waals surface area contributed by atoms with Crippen LogP contribution in [-0.2, 0) is 16.6 Å². The maximum Gasteiger partial charge on any atom is 0.243 e. The Bertz CT molecular complexity index is 578. The molecule has 1 heterocycles. The standard InChI is InChI=1S/C13H19FN2O2S2/c1-10-9-16(5-6-19-10)20(17,18)13-7-12(14)4-3-11(13)8-15-2/h3-4,7,10,15H,5-6,8-9H2,1-2H3. The van der Waals surface area contributed by atoms with Crippen molar-refractivity contribution in [3.8, 4) is 0 Å². The van der Waals surface area contributed by atoms with Crippen molar-refractivity contribution in [2.45, 2.75) is 23.6 Å². The summed E-state index contributed by atoms with van der Waals surface area (Å²) in [6.45, 7) is 3.36. The molecule has 0 radical (unpaired) electrons. The Hall–Kier alpha value is -0.630. The fraction of sp³-hybridized carbons (Fsp3) is 0.538. The van der Waals surface area contributed by atoms with Crippen molar-refractivity contribution in [1.82, 2.24) is 9.62 Å². The molecule has 20 heavy (non-hydrogen) atoms. The number of thioether (sulfide) groups is 1. The van der Waals surface area contributed by atoms with Gasteiger partial charge in [0.25, 0.3) is 0 Å². The molecule has 1 aromatic carbocycles. The summed E-state index contributed by atoms with van der Waals surface area (Å²) in [4.78, 5) is 0.0750. The van der Waals surface area contributed by atoms with Crippen molar-refractivity contribution in [3.63, 3.8) is 0 Å². The fourth-order valence-corrected chi connectivity index (χ4v) is 5.24. The van der Waals surface area contributed by atoms with E-state index in [4.69, 9.17) is 0 Å². The lowest BCUT2D eigenvalue weighted by atomic mass is 10.2. The summed E-state index contributed by atoms with van der Waals surface area (Å²) in [6, 6.07) is 3.94. The second kappa shape index (κ2) is 6.43. The van der Waals surface area contributed by atoms with Gasteiger partial charge in [0.1, 0.15) is 5.82 Å². The summed E-state index contributed by atoms with van der Waals surface area (Å²) in [5.74, 6) is 0.250. The van der Waals surface area contributed by atoms with Gasteiger partial charge in [-0.25, -0.2) is 12.8 Å². The topological polar surface area (TPSA) is 49.4 Å². The van der Waals surface area contributed by atoms with Crippen LogP contribution in [0.1, 0.15) is 12.5 Å². The summed E-state index contributed by atoms with van der Waals surface area (Å²) in [6.07, 6.45) is 0. The number of sulfonamides is 1. The molecule has 1 N–H and O–H groups in total. The minimum atomic E-state index is -3.63. The van der Waals surface area contributed by atoms with Gasteiger partial charge < -0.3 is 5.32 Å². The van der Waals surface area contributed by atoms with Crippen LogP contribution < -0.4 is 5.32 Å². The third-order valence-corrected chi connectivity index (χ3v) is 6.30. The number of halogens is 1. The molecule has 0 saturated carbocycles. The molecule has 1 aliphatic rings. The third-order valence-electron chi connectivity index (χ3n) is 3.22. The zero-order chi connectivity index (χ0) is 14.8. The molecule has 1 fully saturated rings. The highest BCUT2D eigenvalue weighted by Crippen LogP contribution is 2.26. The maximum absolute atomic E-state index is 13.5. The minimum absolute atomic E-state index is 0.0750. The lowest BCUT2D eigenvalue weighted by Crippen LogP contribution is -2.41. The summed E-state index contributed by atoms with van der Waals surface area (Å²) < 4.78 is 40.3. The molecule has 0 spiro atoms. The molecule has 2 rings (SSSR count). The Labute approximate surface area is 123 Å². The molecular formula is C13H19FN2O2S2. The lowest BCUT2D eigenvalue weighted by molar-refractivity contribution is 0.423. The quantitative estimate of drug-likeness (QED) is 0.917. The molecule has 0 aliphatic carbocycles. The third kappa shape index (κ3) is 3.33. The van der Waals surface area contributed by atoms with Gasteiger partial charge >= 0.3 is 0 Å². The van der Waals surface area contributed by atoms with Gasteiger partial charge in [-0.1, -0.05) is 13.0 Å². The molecule has 7 heteroatoms. The van der Waals surface area contributed by atoms with Crippen LogP contribution in [0.5, 0.6) is 0 Å². The molecule has 1 aromatic rings. The summed E-state index contributed by atoms with van der Waals surface area (Å²) in [5, 5.41) is 3.18. The van der Waals surface area contributed by atoms with Crippen LogP contribution in [0.2, 0.25) is 0 Å². The van der Waals surface area contributed by atoms with E-state index in [0.717, 1.165) is 11.8 Å². The normalized spacial score (nSPS) is 21.1. The van der Waals surface area contributed by atoms with Gasteiger partial charge in [-0.3, -0.25) is 0 Å².